The van der Waals surface area contributed by atoms with Gasteiger partial charge in [-0.1, -0.05) is 30.3 Å². The first-order chi connectivity index (χ1) is 5.63. The van der Waals surface area contributed by atoms with Gasteiger partial charge in [0.1, 0.15) is 0 Å². The van der Waals surface area contributed by atoms with Gasteiger partial charge >= 0.3 is 0 Å². The second-order valence-electron chi connectivity index (χ2n) is 2.42. The fraction of sp³-hybridized carbons (Fsp3) is 0.200. The van der Waals surface area contributed by atoms with E-state index in [1.165, 1.54) is 0 Å². The van der Waals surface area contributed by atoms with E-state index in [0.29, 0.717) is 5.03 Å². The van der Waals surface area contributed by atoms with Crippen LogP contribution in [0.15, 0.2) is 42.1 Å². The summed E-state index contributed by atoms with van der Waals surface area (Å²) in [7, 11) is 3.92. The van der Waals surface area contributed by atoms with Crippen molar-refractivity contribution in [2.24, 2.45) is 0 Å². The van der Waals surface area contributed by atoms with Crippen LogP contribution in [0.4, 0.5) is 0 Å². The zero-order valence-electron chi connectivity index (χ0n) is 7.42. The van der Waals surface area contributed by atoms with E-state index in [-0.39, 0.29) is 0 Å². The summed E-state index contributed by atoms with van der Waals surface area (Å²) >= 11 is 5.48. The molecular weight excluding hydrogens is 170 g/mol. The van der Waals surface area contributed by atoms with Crippen LogP contribution in [0, 0.1) is 6.08 Å². The van der Waals surface area contributed by atoms with E-state index >= 15 is 0 Å². The van der Waals surface area contributed by atoms with Gasteiger partial charge < -0.3 is 4.90 Å². The molecule has 1 radical (unpaired) electrons. The predicted molar refractivity (Wildman–Crippen MR) is 54.8 cm³/mol. The smallest absolute Gasteiger partial charge is 0.0334 e. The molecule has 1 nitrogen and oxygen atoms in total. The highest BCUT2D eigenvalue weighted by Gasteiger charge is 1.73. The standard InChI is InChI=1S/C10H13ClN/c1-10(11)8-6-4-5-7-9-12(2)3/h5-9H,1H2,2-3H3. The molecular formula is C10H13ClN. The maximum atomic E-state index is 5.48. The highest BCUT2D eigenvalue weighted by atomic mass is 35.5. The molecule has 0 aromatic heterocycles. The van der Waals surface area contributed by atoms with Crippen LogP contribution in [-0.4, -0.2) is 19.0 Å². The SMILES string of the molecule is C=C(Cl)C=C/[C]=C/C=CN(C)C. The average molecular weight is 183 g/mol. The Labute approximate surface area is 79.3 Å². The fourth-order valence-electron chi connectivity index (χ4n) is 0.465. The van der Waals surface area contributed by atoms with Crippen molar-refractivity contribution < 1.29 is 0 Å². The van der Waals surface area contributed by atoms with Gasteiger partial charge in [0.15, 0.2) is 0 Å². The van der Waals surface area contributed by atoms with Gasteiger partial charge in [0.25, 0.3) is 0 Å². The Hall–Kier alpha value is -0.950. The first-order valence-electron chi connectivity index (χ1n) is 3.56. The van der Waals surface area contributed by atoms with Crippen LogP contribution < -0.4 is 0 Å². The average Bonchev–Trinajstić information content (AvgIpc) is 1.95. The lowest BCUT2D eigenvalue weighted by Crippen LogP contribution is -1.99. The molecule has 0 amide bonds. The number of allylic oxidation sites excluding steroid dienone is 6. The van der Waals surface area contributed by atoms with Crippen LogP contribution in [0.3, 0.4) is 0 Å². The minimum atomic E-state index is 0.507. The number of nitrogens with zero attached hydrogens (tertiary/aromatic N) is 1. The second-order valence-corrected chi connectivity index (χ2v) is 2.90. The summed E-state index contributed by atoms with van der Waals surface area (Å²) in [6.07, 6.45) is 11.9. The van der Waals surface area contributed by atoms with E-state index in [1.54, 1.807) is 18.2 Å². The third-order valence-corrected chi connectivity index (χ3v) is 1.06. The van der Waals surface area contributed by atoms with E-state index in [9.17, 15) is 0 Å². The summed E-state index contributed by atoms with van der Waals surface area (Å²) in [5, 5.41) is 0.507. The molecule has 0 bridgehead atoms. The number of rotatable bonds is 4. The molecule has 0 aliphatic rings. The van der Waals surface area contributed by atoms with Gasteiger partial charge in [-0.25, -0.2) is 0 Å². The van der Waals surface area contributed by atoms with Crippen molar-refractivity contribution in [3.63, 3.8) is 0 Å². The van der Waals surface area contributed by atoms with Crippen LogP contribution >= 0.6 is 11.6 Å². The van der Waals surface area contributed by atoms with Crippen LogP contribution in [0.2, 0.25) is 0 Å². The van der Waals surface area contributed by atoms with Gasteiger partial charge in [-0.2, -0.15) is 0 Å². The number of hydrogen-bond acceptors (Lipinski definition) is 1. The zero-order valence-corrected chi connectivity index (χ0v) is 8.17. The van der Waals surface area contributed by atoms with Gasteiger partial charge in [0, 0.05) is 19.1 Å². The van der Waals surface area contributed by atoms with Gasteiger partial charge in [0.2, 0.25) is 0 Å². The summed E-state index contributed by atoms with van der Waals surface area (Å²) in [5.74, 6) is 0. The summed E-state index contributed by atoms with van der Waals surface area (Å²) in [6, 6.07) is 0. The van der Waals surface area contributed by atoms with Gasteiger partial charge in [0.05, 0.1) is 0 Å². The summed E-state index contributed by atoms with van der Waals surface area (Å²) in [4.78, 5) is 1.95. The van der Waals surface area contributed by atoms with Gasteiger partial charge in [-0.05, 0) is 24.4 Å². The largest absolute Gasteiger partial charge is 0.383 e. The van der Waals surface area contributed by atoms with Crippen LogP contribution in [0.25, 0.3) is 0 Å². The van der Waals surface area contributed by atoms with Crippen molar-refractivity contribution in [2.75, 3.05) is 14.1 Å². The van der Waals surface area contributed by atoms with Crippen molar-refractivity contribution >= 4 is 11.6 Å². The molecule has 2 heteroatoms. The zero-order chi connectivity index (χ0) is 9.40. The van der Waals surface area contributed by atoms with Crippen LogP contribution in [0.1, 0.15) is 0 Å². The first-order valence-corrected chi connectivity index (χ1v) is 3.94. The van der Waals surface area contributed by atoms with Crippen molar-refractivity contribution in [2.45, 2.75) is 0 Å². The Bertz CT molecular complexity index is 212. The third kappa shape index (κ3) is 9.05. The predicted octanol–water partition coefficient (Wildman–Crippen LogP) is 2.73. The third-order valence-electron chi connectivity index (χ3n) is 0.937. The van der Waals surface area contributed by atoms with E-state index in [1.807, 2.05) is 31.3 Å². The molecule has 65 valence electrons. The maximum absolute atomic E-state index is 5.48. The molecule has 0 aromatic carbocycles. The van der Waals surface area contributed by atoms with E-state index in [0.717, 1.165) is 0 Å². The number of hydrogen-bond donors (Lipinski definition) is 0. The minimum absolute atomic E-state index is 0.507. The molecule has 12 heavy (non-hydrogen) atoms. The minimum Gasteiger partial charge on any atom is -0.383 e. The number of halogens is 1. The van der Waals surface area contributed by atoms with Gasteiger partial charge in [-0.15, -0.1) is 0 Å². The van der Waals surface area contributed by atoms with Crippen LogP contribution in [-0.2, 0) is 0 Å². The van der Waals surface area contributed by atoms with Crippen molar-refractivity contribution in [1.29, 1.82) is 0 Å². The molecule has 0 N–H and O–H groups in total. The van der Waals surface area contributed by atoms with E-state index in [2.05, 4.69) is 12.7 Å². The molecule has 0 unspecified atom stereocenters. The quantitative estimate of drug-likeness (QED) is 0.605. The Balaban J connectivity index is 3.70. The van der Waals surface area contributed by atoms with Crippen molar-refractivity contribution in [1.82, 2.24) is 4.90 Å². The van der Waals surface area contributed by atoms with Crippen molar-refractivity contribution in [3.05, 3.63) is 48.2 Å². The van der Waals surface area contributed by atoms with Crippen LogP contribution in [0.5, 0.6) is 0 Å². The molecule has 0 atom stereocenters. The Kier molecular flexibility index (Phi) is 6.21. The second kappa shape index (κ2) is 6.74. The van der Waals surface area contributed by atoms with E-state index in [4.69, 9.17) is 11.6 Å². The highest BCUT2D eigenvalue weighted by molar-refractivity contribution is 6.30. The highest BCUT2D eigenvalue weighted by Crippen LogP contribution is 1.96. The normalized spacial score (nSPS) is 11.9. The Morgan fingerprint density at radius 1 is 1.50 bits per heavy atom. The summed E-state index contributed by atoms with van der Waals surface area (Å²) < 4.78 is 0. The summed E-state index contributed by atoms with van der Waals surface area (Å²) in [6.45, 7) is 3.50. The summed E-state index contributed by atoms with van der Waals surface area (Å²) in [5.41, 5.74) is 0. The van der Waals surface area contributed by atoms with Gasteiger partial charge in [-0.3, -0.25) is 0 Å². The molecule has 0 aromatic rings. The molecule has 0 saturated heterocycles. The lowest BCUT2D eigenvalue weighted by molar-refractivity contribution is 0.564. The molecule has 0 fully saturated rings. The van der Waals surface area contributed by atoms with E-state index < -0.39 is 0 Å². The maximum Gasteiger partial charge on any atom is 0.0334 e. The molecule has 0 spiro atoms. The first kappa shape index (κ1) is 11.1. The molecule has 0 heterocycles. The molecule has 0 saturated carbocycles. The molecule has 0 rings (SSSR count). The Morgan fingerprint density at radius 3 is 2.67 bits per heavy atom. The Morgan fingerprint density at radius 2 is 2.17 bits per heavy atom. The molecule has 0 aliphatic heterocycles. The molecule has 0 aliphatic carbocycles. The lowest BCUT2D eigenvalue weighted by Gasteiger charge is -2.00. The fourth-order valence-corrected chi connectivity index (χ4v) is 0.528. The van der Waals surface area contributed by atoms with Crippen molar-refractivity contribution in [3.8, 4) is 0 Å². The topological polar surface area (TPSA) is 3.24 Å². The monoisotopic (exact) mass is 182 g/mol. The lowest BCUT2D eigenvalue weighted by atomic mass is 10.4.